The second kappa shape index (κ2) is 6.62. The van der Waals surface area contributed by atoms with Crippen molar-refractivity contribution in [3.8, 4) is 5.69 Å². The van der Waals surface area contributed by atoms with Gasteiger partial charge in [-0.2, -0.15) is 0 Å². The van der Waals surface area contributed by atoms with Crippen molar-refractivity contribution in [3.63, 3.8) is 0 Å². The monoisotopic (exact) mass is 308 g/mol. The summed E-state index contributed by atoms with van der Waals surface area (Å²) >= 11 is 0. The Bertz CT molecular complexity index is 838. The van der Waals surface area contributed by atoms with Crippen molar-refractivity contribution in [1.29, 1.82) is 0 Å². The number of amides is 1. The molecule has 0 aliphatic carbocycles. The highest BCUT2D eigenvalue weighted by molar-refractivity contribution is 6.04. The van der Waals surface area contributed by atoms with Gasteiger partial charge in [-0.1, -0.05) is 31.2 Å². The molecule has 0 radical (unpaired) electrons. The molecule has 5 nitrogen and oxygen atoms in total. The fraction of sp³-hybridized carbons (Fsp3) is 0.222. The zero-order valence-corrected chi connectivity index (χ0v) is 13.1. The number of carbonyl (C=O) groups excluding carboxylic acids is 1. The fourth-order valence-electron chi connectivity index (χ4n) is 2.73. The molecule has 1 amide bonds. The van der Waals surface area contributed by atoms with E-state index in [0.717, 1.165) is 30.7 Å². The van der Waals surface area contributed by atoms with Crippen LogP contribution in [0.5, 0.6) is 0 Å². The van der Waals surface area contributed by atoms with Gasteiger partial charge in [-0.05, 0) is 36.7 Å². The standard InChI is InChI=1S/C18H20N4O/c1-2-10-20-11-13-6-3-4-8-15(13)22-12-21-17-14(18(19)23)7-5-9-16(17)22/h3-9,12,20H,2,10-11H2,1H3,(H2,19,23). The Morgan fingerprint density at radius 2 is 2.04 bits per heavy atom. The molecule has 0 unspecified atom stereocenters. The van der Waals surface area contributed by atoms with Gasteiger partial charge in [-0.25, -0.2) is 4.98 Å². The average Bonchev–Trinajstić information content (AvgIpc) is 2.99. The number of aromatic nitrogens is 2. The van der Waals surface area contributed by atoms with Crippen LogP contribution in [0.15, 0.2) is 48.8 Å². The Kier molecular flexibility index (Phi) is 4.39. The number of nitrogens with one attached hydrogen (secondary N) is 1. The third kappa shape index (κ3) is 2.96. The van der Waals surface area contributed by atoms with Crippen molar-refractivity contribution in [2.45, 2.75) is 19.9 Å². The number of imidazole rings is 1. The van der Waals surface area contributed by atoms with Gasteiger partial charge in [0.25, 0.3) is 5.91 Å². The van der Waals surface area contributed by atoms with Crippen LogP contribution in [0.2, 0.25) is 0 Å². The number of carbonyl (C=O) groups is 1. The number of rotatable bonds is 6. The maximum absolute atomic E-state index is 11.6. The third-order valence-corrected chi connectivity index (χ3v) is 3.84. The van der Waals surface area contributed by atoms with E-state index < -0.39 is 5.91 Å². The summed E-state index contributed by atoms with van der Waals surface area (Å²) in [4.78, 5) is 16.0. The first-order valence-corrected chi connectivity index (χ1v) is 7.77. The zero-order valence-electron chi connectivity index (χ0n) is 13.1. The van der Waals surface area contributed by atoms with Crippen molar-refractivity contribution in [3.05, 3.63) is 59.9 Å². The van der Waals surface area contributed by atoms with Crippen LogP contribution < -0.4 is 11.1 Å². The third-order valence-electron chi connectivity index (χ3n) is 3.84. The summed E-state index contributed by atoms with van der Waals surface area (Å²) in [5, 5.41) is 3.42. The molecule has 0 aliphatic heterocycles. The number of nitrogens with two attached hydrogens (primary N) is 1. The Labute approximate surface area is 135 Å². The number of primary amides is 1. The number of hydrogen-bond donors (Lipinski definition) is 2. The molecular weight excluding hydrogens is 288 g/mol. The highest BCUT2D eigenvalue weighted by Gasteiger charge is 2.13. The first kappa shape index (κ1) is 15.2. The summed E-state index contributed by atoms with van der Waals surface area (Å²) in [6, 6.07) is 13.7. The van der Waals surface area contributed by atoms with Crippen LogP contribution >= 0.6 is 0 Å². The molecule has 0 atom stereocenters. The summed E-state index contributed by atoms with van der Waals surface area (Å²) in [6.07, 6.45) is 2.84. The topological polar surface area (TPSA) is 72.9 Å². The number of para-hydroxylation sites is 2. The largest absolute Gasteiger partial charge is 0.366 e. The molecule has 2 aromatic carbocycles. The minimum atomic E-state index is -0.459. The van der Waals surface area contributed by atoms with Crippen LogP contribution in [-0.4, -0.2) is 22.0 Å². The van der Waals surface area contributed by atoms with Gasteiger partial charge in [0, 0.05) is 6.54 Å². The molecule has 23 heavy (non-hydrogen) atoms. The Morgan fingerprint density at radius 3 is 2.83 bits per heavy atom. The summed E-state index contributed by atoms with van der Waals surface area (Å²) in [5.41, 5.74) is 9.64. The van der Waals surface area contributed by atoms with Gasteiger partial charge in [0.05, 0.1) is 16.8 Å². The van der Waals surface area contributed by atoms with Crippen molar-refractivity contribution in [2.24, 2.45) is 5.73 Å². The number of hydrogen-bond acceptors (Lipinski definition) is 3. The van der Waals surface area contributed by atoms with Crippen LogP contribution in [0.3, 0.4) is 0 Å². The van der Waals surface area contributed by atoms with Gasteiger partial charge in [0.15, 0.2) is 0 Å². The second-order valence-electron chi connectivity index (χ2n) is 5.46. The number of nitrogens with zero attached hydrogens (tertiary/aromatic N) is 2. The van der Waals surface area contributed by atoms with Crippen LogP contribution in [0.4, 0.5) is 0 Å². The van der Waals surface area contributed by atoms with E-state index in [1.54, 1.807) is 12.4 Å². The van der Waals surface area contributed by atoms with Crippen LogP contribution in [0.1, 0.15) is 29.3 Å². The first-order valence-electron chi connectivity index (χ1n) is 7.77. The van der Waals surface area contributed by atoms with E-state index in [0.29, 0.717) is 11.1 Å². The molecule has 3 aromatic rings. The molecule has 3 rings (SSSR count). The SMILES string of the molecule is CCCNCc1ccccc1-n1cnc2c(C(N)=O)cccc21. The van der Waals surface area contributed by atoms with Gasteiger partial charge in [0.1, 0.15) is 11.8 Å². The van der Waals surface area contributed by atoms with Gasteiger partial charge in [-0.15, -0.1) is 0 Å². The molecule has 0 fully saturated rings. The zero-order chi connectivity index (χ0) is 16.2. The molecule has 118 valence electrons. The summed E-state index contributed by atoms with van der Waals surface area (Å²) in [5.74, 6) is -0.459. The maximum atomic E-state index is 11.6. The molecule has 0 spiro atoms. The normalized spacial score (nSPS) is 11.0. The molecule has 0 saturated heterocycles. The number of benzene rings is 2. The lowest BCUT2D eigenvalue weighted by Gasteiger charge is -2.12. The highest BCUT2D eigenvalue weighted by atomic mass is 16.1. The molecule has 5 heteroatoms. The van der Waals surface area contributed by atoms with Crippen molar-refractivity contribution >= 4 is 16.9 Å². The smallest absolute Gasteiger partial charge is 0.250 e. The first-order chi connectivity index (χ1) is 11.2. The molecule has 1 aromatic heterocycles. The summed E-state index contributed by atoms with van der Waals surface area (Å²) in [7, 11) is 0. The predicted molar refractivity (Wildman–Crippen MR) is 91.6 cm³/mol. The van der Waals surface area contributed by atoms with Crippen molar-refractivity contribution < 1.29 is 4.79 Å². The van der Waals surface area contributed by atoms with Crippen LogP contribution in [-0.2, 0) is 6.54 Å². The van der Waals surface area contributed by atoms with E-state index >= 15 is 0 Å². The Hall–Kier alpha value is -2.66. The predicted octanol–water partition coefficient (Wildman–Crippen LogP) is 2.62. The average molecular weight is 308 g/mol. The van der Waals surface area contributed by atoms with E-state index in [9.17, 15) is 4.79 Å². The van der Waals surface area contributed by atoms with Gasteiger partial charge < -0.3 is 11.1 Å². The lowest BCUT2D eigenvalue weighted by atomic mass is 10.1. The Morgan fingerprint density at radius 1 is 1.22 bits per heavy atom. The molecular formula is C18H20N4O. The van der Waals surface area contributed by atoms with Crippen molar-refractivity contribution in [2.75, 3.05) is 6.54 Å². The molecule has 0 saturated carbocycles. The van der Waals surface area contributed by atoms with E-state index in [1.807, 2.05) is 28.8 Å². The van der Waals surface area contributed by atoms with Crippen molar-refractivity contribution in [1.82, 2.24) is 14.9 Å². The molecule has 0 aliphatic rings. The van der Waals surface area contributed by atoms with E-state index in [2.05, 4.69) is 29.4 Å². The van der Waals surface area contributed by atoms with E-state index in [-0.39, 0.29) is 0 Å². The minimum absolute atomic E-state index is 0.447. The molecule has 3 N–H and O–H groups in total. The second-order valence-corrected chi connectivity index (χ2v) is 5.46. The highest BCUT2D eigenvalue weighted by Crippen LogP contribution is 2.23. The summed E-state index contributed by atoms with van der Waals surface area (Å²) < 4.78 is 2.00. The Balaban J connectivity index is 2.08. The maximum Gasteiger partial charge on any atom is 0.250 e. The van der Waals surface area contributed by atoms with Gasteiger partial charge in [0.2, 0.25) is 0 Å². The van der Waals surface area contributed by atoms with Gasteiger partial charge in [-0.3, -0.25) is 9.36 Å². The van der Waals surface area contributed by atoms with Crippen LogP contribution in [0, 0.1) is 0 Å². The van der Waals surface area contributed by atoms with E-state index in [4.69, 9.17) is 5.73 Å². The lowest BCUT2D eigenvalue weighted by Crippen LogP contribution is -2.15. The quantitative estimate of drug-likeness (QED) is 0.688. The lowest BCUT2D eigenvalue weighted by molar-refractivity contribution is 0.100. The van der Waals surface area contributed by atoms with Gasteiger partial charge >= 0.3 is 0 Å². The molecule has 1 heterocycles. The molecule has 0 bridgehead atoms. The summed E-state index contributed by atoms with van der Waals surface area (Å²) in [6.45, 7) is 3.91. The fourth-order valence-corrected chi connectivity index (χ4v) is 2.73. The number of fused-ring (bicyclic) bond motifs is 1. The minimum Gasteiger partial charge on any atom is -0.366 e. The van der Waals surface area contributed by atoms with Crippen LogP contribution in [0.25, 0.3) is 16.7 Å². The van der Waals surface area contributed by atoms with E-state index in [1.165, 1.54) is 5.56 Å².